The van der Waals surface area contributed by atoms with Crippen LogP contribution in [0.25, 0.3) is 98.4 Å². The summed E-state index contributed by atoms with van der Waals surface area (Å²) in [5, 5.41) is -0.370. The Bertz CT molecular complexity index is 3920. The van der Waals surface area contributed by atoms with Crippen molar-refractivity contribution in [1.29, 1.82) is 0 Å². The third-order valence-corrected chi connectivity index (χ3v) is 8.37. The van der Waals surface area contributed by atoms with Gasteiger partial charge in [0.2, 0.25) is 0 Å². The minimum Gasteiger partial charge on any atom is -0.455 e. The first-order valence-electron chi connectivity index (χ1n) is 24.6. The molecule has 0 aliphatic rings. The molecule has 0 saturated heterocycles. The van der Waals surface area contributed by atoms with Crippen molar-refractivity contribution in [2.45, 2.75) is 0 Å². The van der Waals surface area contributed by atoms with Crippen LogP contribution in [0.2, 0.25) is 0 Å². The van der Waals surface area contributed by atoms with Gasteiger partial charge in [-0.05, 0) is 89.2 Å². The zero-order chi connectivity index (χ0) is 48.3. The first-order valence-corrected chi connectivity index (χ1v) is 14.6. The maximum Gasteiger partial charge on any atom is 0.143 e. The van der Waals surface area contributed by atoms with E-state index in [0.29, 0.717) is 10.8 Å². The zero-order valence-electron chi connectivity index (χ0n) is 44.0. The molecule has 10 aromatic rings. The van der Waals surface area contributed by atoms with Crippen molar-refractivity contribution in [3.05, 3.63) is 169 Å². The lowest BCUT2D eigenvalue weighted by Gasteiger charge is -2.19. The molecule has 0 radical (unpaired) electrons. The highest BCUT2D eigenvalue weighted by molar-refractivity contribution is 6.27. The number of rotatable bonds is 3. The summed E-state index contributed by atoms with van der Waals surface area (Å²) in [5.41, 5.74) is -1.41. The fourth-order valence-corrected chi connectivity index (χ4v) is 6.42. The Morgan fingerprint density at radius 3 is 1.74 bits per heavy atom. The van der Waals surface area contributed by atoms with Crippen molar-refractivity contribution in [3.63, 3.8) is 0 Å². The number of furan rings is 1. The molecule has 47 heavy (non-hydrogen) atoms. The maximum atomic E-state index is 9.83. The maximum absolute atomic E-state index is 9.83. The molecule has 10 rings (SSSR count). The van der Waals surface area contributed by atoms with Gasteiger partial charge >= 0.3 is 0 Å². The van der Waals surface area contributed by atoms with Crippen LogP contribution < -0.4 is 0 Å². The van der Waals surface area contributed by atoms with Gasteiger partial charge in [-0.25, -0.2) is 0 Å². The average Bonchev–Trinajstić information content (AvgIpc) is 3.71. The summed E-state index contributed by atoms with van der Waals surface area (Å²) in [4.78, 5) is 0. The van der Waals surface area contributed by atoms with E-state index in [4.69, 9.17) is 26.3 Å². The second-order valence-corrected chi connectivity index (χ2v) is 10.9. The van der Waals surface area contributed by atoms with Crippen LogP contribution in [0.5, 0.6) is 0 Å². The first kappa shape index (κ1) is 13.3. The molecule has 0 unspecified atom stereocenters. The van der Waals surface area contributed by atoms with Crippen LogP contribution in [0.4, 0.5) is 0 Å². The van der Waals surface area contributed by atoms with Gasteiger partial charge in [-0.2, -0.15) is 0 Å². The molecule has 0 aliphatic heterocycles. The molecular weight excluding hydrogens is 569 g/mol. The molecule has 1 aromatic heterocycles. The van der Waals surface area contributed by atoms with Gasteiger partial charge in [-0.3, -0.25) is 0 Å². The minimum atomic E-state index is -0.756. The van der Waals surface area contributed by atoms with Gasteiger partial charge < -0.3 is 4.42 Å². The molecule has 1 heterocycles. The third-order valence-electron chi connectivity index (χ3n) is 8.37. The molecule has 0 bridgehead atoms. The molecule has 9 aromatic carbocycles. The molecule has 0 amide bonds. The van der Waals surface area contributed by atoms with Gasteiger partial charge in [0.15, 0.2) is 0 Å². The number of fused-ring (bicyclic) bond motifs is 8. The van der Waals surface area contributed by atoms with E-state index in [1.807, 2.05) is 0 Å². The summed E-state index contributed by atoms with van der Waals surface area (Å²) in [6, 6.07) is 0.314. The first-order chi connectivity index (χ1) is 31.7. The van der Waals surface area contributed by atoms with E-state index in [1.165, 1.54) is 0 Å². The molecular formula is C46H28O. The van der Waals surface area contributed by atoms with E-state index in [-0.39, 0.29) is 65.7 Å². The Hall–Kier alpha value is -6.18. The van der Waals surface area contributed by atoms with Crippen molar-refractivity contribution in [3.8, 4) is 33.4 Å². The normalized spacial score (nSPS) is 17.8. The lowest BCUT2D eigenvalue weighted by molar-refractivity contribution is 0.673. The van der Waals surface area contributed by atoms with E-state index in [1.54, 1.807) is 48.5 Å². The number of hydrogen-bond acceptors (Lipinski definition) is 1. The van der Waals surface area contributed by atoms with Crippen LogP contribution >= 0.6 is 0 Å². The molecule has 0 fully saturated rings. The molecule has 0 spiro atoms. The van der Waals surface area contributed by atoms with Gasteiger partial charge in [0.25, 0.3) is 0 Å². The smallest absolute Gasteiger partial charge is 0.143 e. The summed E-state index contributed by atoms with van der Waals surface area (Å²) >= 11 is 0. The second kappa shape index (κ2) is 10.2. The number of benzene rings is 9. The van der Waals surface area contributed by atoms with E-state index in [9.17, 15) is 5.48 Å². The Kier molecular flexibility index (Phi) is 2.87. The summed E-state index contributed by atoms with van der Waals surface area (Å²) in [7, 11) is 0. The van der Waals surface area contributed by atoms with Crippen molar-refractivity contribution in [2.75, 3.05) is 0 Å². The van der Waals surface area contributed by atoms with Crippen LogP contribution in [0, 0.1) is 0 Å². The van der Waals surface area contributed by atoms with Gasteiger partial charge in [0, 0.05) is 16.2 Å². The van der Waals surface area contributed by atoms with Crippen LogP contribution in [0.1, 0.15) is 27.4 Å². The van der Waals surface area contributed by atoms with Crippen LogP contribution in [-0.4, -0.2) is 0 Å². The van der Waals surface area contributed by atoms with E-state index in [0.717, 1.165) is 0 Å². The summed E-state index contributed by atoms with van der Waals surface area (Å²) in [6.45, 7) is 0. The highest BCUT2D eigenvalue weighted by Gasteiger charge is 2.21. The molecule has 1 heteroatoms. The largest absolute Gasteiger partial charge is 0.455 e. The summed E-state index contributed by atoms with van der Waals surface area (Å²) in [6.07, 6.45) is 0. The Morgan fingerprint density at radius 2 is 0.979 bits per heavy atom. The van der Waals surface area contributed by atoms with E-state index in [2.05, 4.69) is 0 Å². The third kappa shape index (κ3) is 3.90. The van der Waals surface area contributed by atoms with Crippen LogP contribution in [0.15, 0.2) is 174 Å². The molecule has 1 nitrogen and oxygen atoms in total. The fourth-order valence-electron chi connectivity index (χ4n) is 6.42. The minimum absolute atomic E-state index is 0.0414. The predicted octanol–water partition coefficient (Wildman–Crippen LogP) is 13.2. The highest BCUT2D eigenvalue weighted by atomic mass is 16.3. The van der Waals surface area contributed by atoms with Crippen molar-refractivity contribution >= 4 is 65.0 Å². The molecule has 0 saturated carbocycles. The molecule has 218 valence electrons. The van der Waals surface area contributed by atoms with E-state index < -0.39 is 143 Å². The average molecular weight is 617 g/mol. The number of hydrogen-bond donors (Lipinski definition) is 0. The quantitative estimate of drug-likeness (QED) is 0.180. The van der Waals surface area contributed by atoms with Gasteiger partial charge in [-0.15, -0.1) is 0 Å². The predicted molar refractivity (Wildman–Crippen MR) is 200 cm³/mol. The van der Waals surface area contributed by atoms with Crippen molar-refractivity contribution < 1.29 is 31.8 Å². The standard InChI is InChI=1S/C46H28O/c1-3-17-33-29(12-1)14-10-23-34(33)31-15-9-16-32(28-31)43-36-19-5-7-21-38(36)44(39-22-8-6-20-37(39)43)40-24-11-25-42-45(40)41-27-26-30-13-2-4-18-35(30)46(41)47-42/h1-28H/i1D,2D,3D,4D,9D,10D,11D,12D,13D,14D,15D,16D,17D,18D,23D,24D,25D,26D,27D,28D. The molecule has 0 atom stereocenters. The van der Waals surface area contributed by atoms with Crippen molar-refractivity contribution in [2.24, 2.45) is 0 Å². The molecule has 0 N–H and O–H groups in total. The van der Waals surface area contributed by atoms with Crippen molar-refractivity contribution in [1.82, 2.24) is 0 Å². The second-order valence-electron chi connectivity index (χ2n) is 10.9. The Balaban J connectivity index is 1.40. The van der Waals surface area contributed by atoms with E-state index >= 15 is 0 Å². The highest BCUT2D eigenvalue weighted by Crippen LogP contribution is 2.48. The van der Waals surface area contributed by atoms with Crippen LogP contribution in [-0.2, 0) is 0 Å². The lowest BCUT2D eigenvalue weighted by Crippen LogP contribution is -1.91. The Labute approximate surface area is 300 Å². The van der Waals surface area contributed by atoms with Gasteiger partial charge in [-0.1, -0.05) is 151 Å². The van der Waals surface area contributed by atoms with Gasteiger partial charge in [0.05, 0.1) is 27.4 Å². The monoisotopic (exact) mass is 616 g/mol. The fraction of sp³-hybridized carbons (Fsp3) is 0. The topological polar surface area (TPSA) is 13.1 Å². The van der Waals surface area contributed by atoms with Crippen LogP contribution in [0.3, 0.4) is 0 Å². The van der Waals surface area contributed by atoms with Gasteiger partial charge in [0.1, 0.15) is 11.2 Å². The summed E-state index contributed by atoms with van der Waals surface area (Å²) in [5.74, 6) is 0. The lowest BCUT2D eigenvalue weighted by atomic mass is 9.84. The SMILES string of the molecule is [2H]c1c([2H])c(-c2c3ccccc3c(-c3c([2H])c([2H])c([2H])c4oc5c6c([2H])c([2H])c([2H])c([2H])c6c([2H])c([2H])c5c34)c3ccccc23)c([2H])c(-c2c([2H])c([2H])c([2H])c3c([2H])c([2H])c([2H])c([2H])c23)c1[2H]. The zero-order valence-corrected chi connectivity index (χ0v) is 24.0. The molecule has 0 aliphatic carbocycles. The Morgan fingerprint density at radius 1 is 0.404 bits per heavy atom. The summed E-state index contributed by atoms with van der Waals surface area (Å²) < 4.78 is 184.